The van der Waals surface area contributed by atoms with Crippen LogP contribution in [0.4, 0.5) is 17.1 Å². The Labute approximate surface area is 103 Å². The zero-order chi connectivity index (χ0) is 12.3. The first-order valence-electron chi connectivity index (χ1n) is 5.74. The Balaban J connectivity index is 2.31. The average molecular weight is 226 g/mol. The summed E-state index contributed by atoms with van der Waals surface area (Å²) in [6.07, 6.45) is 0. The topological polar surface area (TPSA) is 6.48 Å². The molecule has 0 spiro atoms. The van der Waals surface area contributed by atoms with Crippen molar-refractivity contribution in [3.63, 3.8) is 0 Å². The van der Waals surface area contributed by atoms with Crippen molar-refractivity contribution in [2.75, 3.05) is 30.9 Å². The number of nitrogens with zero attached hydrogens (tertiary/aromatic N) is 2. The van der Waals surface area contributed by atoms with Crippen LogP contribution in [0.15, 0.2) is 54.6 Å². The number of anilines is 3. The lowest BCUT2D eigenvalue weighted by atomic mass is 10.2. The Hall–Kier alpha value is -1.96. The fraction of sp³-hybridized carbons (Fsp3) is 0.200. The van der Waals surface area contributed by atoms with Crippen molar-refractivity contribution in [1.82, 2.24) is 0 Å². The first-order chi connectivity index (χ1) is 8.18. The molecule has 2 aromatic carbocycles. The van der Waals surface area contributed by atoms with E-state index in [0.717, 1.165) is 0 Å². The summed E-state index contributed by atoms with van der Waals surface area (Å²) >= 11 is 0. The molecular weight excluding hydrogens is 208 g/mol. The summed E-state index contributed by atoms with van der Waals surface area (Å²) < 4.78 is 0. The molecule has 0 unspecified atom stereocenters. The Kier molecular flexibility index (Phi) is 3.33. The van der Waals surface area contributed by atoms with Gasteiger partial charge >= 0.3 is 0 Å². The normalized spacial score (nSPS) is 10.1. The van der Waals surface area contributed by atoms with Gasteiger partial charge in [-0.25, -0.2) is 0 Å². The third-order valence-corrected chi connectivity index (χ3v) is 2.88. The summed E-state index contributed by atoms with van der Waals surface area (Å²) in [4.78, 5) is 4.30. The van der Waals surface area contributed by atoms with E-state index in [4.69, 9.17) is 0 Å². The Morgan fingerprint density at radius 2 is 1.24 bits per heavy atom. The summed E-state index contributed by atoms with van der Waals surface area (Å²) in [5.41, 5.74) is 3.61. The van der Waals surface area contributed by atoms with Crippen molar-refractivity contribution < 1.29 is 0 Å². The van der Waals surface area contributed by atoms with Crippen molar-refractivity contribution in [3.8, 4) is 0 Å². The Bertz CT molecular complexity index is 477. The van der Waals surface area contributed by atoms with Gasteiger partial charge in [0.2, 0.25) is 0 Å². The van der Waals surface area contributed by atoms with Crippen LogP contribution < -0.4 is 9.80 Å². The van der Waals surface area contributed by atoms with Gasteiger partial charge in [-0.3, -0.25) is 0 Å². The molecular formula is C15H18N2. The lowest BCUT2D eigenvalue weighted by Crippen LogP contribution is -2.12. The SMILES string of the molecule is CN(C)c1cccc(N(C)c2ccccc2)c1. The van der Waals surface area contributed by atoms with Crippen LogP contribution in [-0.4, -0.2) is 21.1 Å². The molecule has 0 heterocycles. The Morgan fingerprint density at radius 3 is 1.88 bits per heavy atom. The molecule has 0 saturated heterocycles. The number of rotatable bonds is 3. The van der Waals surface area contributed by atoms with E-state index in [1.54, 1.807) is 0 Å². The highest BCUT2D eigenvalue weighted by Gasteiger charge is 2.04. The monoisotopic (exact) mass is 226 g/mol. The second-order valence-electron chi connectivity index (χ2n) is 4.31. The van der Waals surface area contributed by atoms with Gasteiger partial charge in [-0.15, -0.1) is 0 Å². The predicted octanol–water partition coefficient (Wildman–Crippen LogP) is 3.52. The van der Waals surface area contributed by atoms with E-state index in [1.165, 1.54) is 17.1 Å². The molecule has 0 bridgehead atoms. The molecule has 0 saturated carbocycles. The smallest absolute Gasteiger partial charge is 0.0428 e. The number of hydrogen-bond donors (Lipinski definition) is 0. The minimum absolute atomic E-state index is 1.20. The van der Waals surface area contributed by atoms with Crippen LogP contribution in [0, 0.1) is 0 Å². The summed E-state index contributed by atoms with van der Waals surface area (Å²) in [6.45, 7) is 0. The first kappa shape index (κ1) is 11.5. The largest absolute Gasteiger partial charge is 0.378 e. The molecule has 0 aliphatic rings. The molecule has 0 N–H and O–H groups in total. The molecule has 2 heteroatoms. The highest BCUT2D eigenvalue weighted by atomic mass is 15.1. The maximum Gasteiger partial charge on any atom is 0.0428 e. The van der Waals surface area contributed by atoms with E-state index >= 15 is 0 Å². The molecule has 17 heavy (non-hydrogen) atoms. The lowest BCUT2D eigenvalue weighted by molar-refractivity contribution is 1.12. The summed E-state index contributed by atoms with van der Waals surface area (Å²) in [5, 5.41) is 0. The van der Waals surface area contributed by atoms with E-state index in [9.17, 15) is 0 Å². The average Bonchev–Trinajstić information content (AvgIpc) is 2.39. The van der Waals surface area contributed by atoms with Crippen molar-refractivity contribution in [3.05, 3.63) is 54.6 Å². The van der Waals surface area contributed by atoms with Crippen LogP contribution in [-0.2, 0) is 0 Å². The maximum absolute atomic E-state index is 2.19. The van der Waals surface area contributed by atoms with Gasteiger partial charge in [-0.2, -0.15) is 0 Å². The van der Waals surface area contributed by atoms with Crippen LogP contribution in [0.25, 0.3) is 0 Å². The Morgan fingerprint density at radius 1 is 0.647 bits per heavy atom. The minimum atomic E-state index is 1.20. The molecule has 0 aliphatic heterocycles. The standard InChI is InChI=1S/C15H18N2/c1-16(2)14-10-7-11-15(12-14)17(3)13-8-5-4-6-9-13/h4-12H,1-3H3. The number of benzene rings is 2. The van der Waals surface area contributed by atoms with Gasteiger partial charge in [0, 0.05) is 38.2 Å². The highest BCUT2D eigenvalue weighted by molar-refractivity contribution is 5.66. The van der Waals surface area contributed by atoms with E-state index in [-0.39, 0.29) is 0 Å². The van der Waals surface area contributed by atoms with E-state index < -0.39 is 0 Å². The molecule has 0 atom stereocenters. The second-order valence-corrected chi connectivity index (χ2v) is 4.31. The van der Waals surface area contributed by atoms with Crippen molar-refractivity contribution >= 4 is 17.1 Å². The van der Waals surface area contributed by atoms with Gasteiger partial charge in [0.15, 0.2) is 0 Å². The van der Waals surface area contributed by atoms with Crippen molar-refractivity contribution in [1.29, 1.82) is 0 Å². The summed E-state index contributed by atoms with van der Waals surface area (Å²) in [6, 6.07) is 18.9. The van der Waals surface area contributed by atoms with Crippen LogP contribution in [0.3, 0.4) is 0 Å². The zero-order valence-electron chi connectivity index (χ0n) is 10.6. The van der Waals surface area contributed by atoms with Gasteiger partial charge in [0.25, 0.3) is 0 Å². The zero-order valence-corrected chi connectivity index (χ0v) is 10.6. The summed E-state index contributed by atoms with van der Waals surface area (Å²) in [7, 11) is 6.20. The van der Waals surface area contributed by atoms with Crippen LogP contribution in [0.2, 0.25) is 0 Å². The molecule has 0 aliphatic carbocycles. The molecule has 2 nitrogen and oxygen atoms in total. The van der Waals surface area contributed by atoms with Crippen LogP contribution >= 0.6 is 0 Å². The second kappa shape index (κ2) is 4.91. The van der Waals surface area contributed by atoms with E-state index in [2.05, 4.69) is 79.5 Å². The molecule has 0 radical (unpaired) electrons. The molecule has 88 valence electrons. The van der Waals surface area contributed by atoms with Crippen molar-refractivity contribution in [2.24, 2.45) is 0 Å². The van der Waals surface area contributed by atoms with Gasteiger partial charge in [-0.1, -0.05) is 24.3 Å². The van der Waals surface area contributed by atoms with E-state index in [0.29, 0.717) is 0 Å². The van der Waals surface area contributed by atoms with Crippen molar-refractivity contribution in [2.45, 2.75) is 0 Å². The van der Waals surface area contributed by atoms with Gasteiger partial charge in [0.1, 0.15) is 0 Å². The highest BCUT2D eigenvalue weighted by Crippen LogP contribution is 2.26. The lowest BCUT2D eigenvalue weighted by Gasteiger charge is -2.21. The molecule has 2 aromatic rings. The predicted molar refractivity (Wildman–Crippen MR) is 75.3 cm³/mol. The fourth-order valence-electron chi connectivity index (χ4n) is 1.78. The third-order valence-electron chi connectivity index (χ3n) is 2.88. The van der Waals surface area contributed by atoms with E-state index in [1.807, 2.05) is 6.07 Å². The van der Waals surface area contributed by atoms with Crippen LogP contribution in [0.1, 0.15) is 0 Å². The molecule has 0 amide bonds. The summed E-state index contributed by atoms with van der Waals surface area (Å²) in [5.74, 6) is 0. The third kappa shape index (κ3) is 2.59. The molecule has 0 fully saturated rings. The van der Waals surface area contributed by atoms with Gasteiger partial charge < -0.3 is 9.80 Å². The molecule has 2 rings (SSSR count). The number of para-hydroxylation sites is 1. The van der Waals surface area contributed by atoms with Gasteiger partial charge in [-0.05, 0) is 30.3 Å². The van der Waals surface area contributed by atoms with Crippen LogP contribution in [0.5, 0.6) is 0 Å². The maximum atomic E-state index is 2.19. The fourth-order valence-corrected chi connectivity index (χ4v) is 1.78. The minimum Gasteiger partial charge on any atom is -0.378 e. The molecule has 0 aromatic heterocycles. The van der Waals surface area contributed by atoms with Gasteiger partial charge in [0.05, 0.1) is 0 Å². The number of hydrogen-bond acceptors (Lipinski definition) is 2. The quantitative estimate of drug-likeness (QED) is 0.790. The first-order valence-corrected chi connectivity index (χ1v) is 5.74.